The molecule has 352 valence electrons. The molecule has 1 aliphatic heterocycles. The Morgan fingerprint density at radius 2 is 1.74 bits per heavy atom. The van der Waals surface area contributed by atoms with Crippen LogP contribution >= 0.6 is 0 Å². The van der Waals surface area contributed by atoms with Crippen LogP contribution in [-0.2, 0) is 32.3 Å². The molecule has 3 aliphatic carbocycles. The van der Waals surface area contributed by atoms with E-state index in [1.54, 1.807) is 6.08 Å². The molecule has 2 aromatic carbocycles. The number of carbonyl (C=O) groups is 1. The molecule has 12 nitrogen and oxygen atoms in total. The van der Waals surface area contributed by atoms with E-state index in [-0.39, 0.29) is 76.5 Å². The van der Waals surface area contributed by atoms with E-state index in [4.69, 9.17) is 28.9 Å². The molecule has 0 radical (unpaired) electrons. The second kappa shape index (κ2) is 24.3. The summed E-state index contributed by atoms with van der Waals surface area (Å²) in [7, 11) is 0. The number of pyridine rings is 1. The molecule has 1 amide bonds. The molecule has 6 unspecified atom stereocenters. The van der Waals surface area contributed by atoms with Crippen molar-refractivity contribution in [2.45, 2.75) is 121 Å². The van der Waals surface area contributed by atoms with Crippen molar-refractivity contribution in [1.82, 2.24) is 9.88 Å². The zero-order valence-electron chi connectivity index (χ0n) is 38.4. The summed E-state index contributed by atoms with van der Waals surface area (Å²) in [5, 5.41) is 34.7. The first-order valence-corrected chi connectivity index (χ1v) is 24.2. The van der Waals surface area contributed by atoms with Crippen molar-refractivity contribution in [1.29, 1.82) is 0 Å². The minimum atomic E-state index is -1.38. The molecule has 2 fully saturated rings. The highest BCUT2D eigenvalue weighted by Gasteiger charge is 2.65. The van der Waals surface area contributed by atoms with Gasteiger partial charge >= 0.3 is 0 Å². The van der Waals surface area contributed by atoms with Crippen molar-refractivity contribution in [2.24, 2.45) is 28.8 Å². The number of allylic oxidation sites excluding steroid dienone is 1. The lowest BCUT2D eigenvalue weighted by Crippen LogP contribution is -2.70. The first-order chi connectivity index (χ1) is 31.9. The largest absolute Gasteiger partial charge is 0.487 e. The highest BCUT2D eigenvalue weighted by molar-refractivity contribution is 6.03. The van der Waals surface area contributed by atoms with Gasteiger partial charge in [-0.25, -0.2) is 0 Å². The molecule has 0 spiro atoms. The fourth-order valence-corrected chi connectivity index (χ4v) is 10.9. The topological polar surface area (TPSA) is 152 Å². The standard InChI is InChI=1S/C53H71N3O9/c1-3-30-63-53-49(56(26-31-61-32-29-59)50(60)25-22-39-15-7-8-16-39)35-47(55-64-36-40-17-5-4-6-18-40)45-33-41(19-9-11-27-57)44(21-10-12-28-58)51(52(45)53)46-34-43(23-24-48(46)65-53)62-37-42-20-13-14-38(2)54-42/h3-6,13-14,17-18,20,23-24,33-34,39,41,44,49,51-52,57-59H,1,7-12,15-16,19,21-22,25-32,35-37H2,2H3. The van der Waals surface area contributed by atoms with E-state index >= 15 is 0 Å². The summed E-state index contributed by atoms with van der Waals surface area (Å²) in [5.41, 5.74) is 5.45. The van der Waals surface area contributed by atoms with Crippen LogP contribution in [0.4, 0.5) is 0 Å². The number of ether oxygens (including phenoxy) is 4. The predicted molar refractivity (Wildman–Crippen MR) is 250 cm³/mol. The van der Waals surface area contributed by atoms with Crippen LogP contribution in [0.5, 0.6) is 11.5 Å². The molecule has 0 saturated heterocycles. The number of aliphatic hydroxyl groups is 3. The molecule has 6 atom stereocenters. The first-order valence-electron chi connectivity index (χ1n) is 24.2. The molecule has 2 saturated carbocycles. The molecule has 12 heteroatoms. The van der Waals surface area contributed by atoms with Crippen LogP contribution in [0.2, 0.25) is 0 Å². The lowest BCUT2D eigenvalue weighted by atomic mass is 9.55. The average Bonchev–Trinajstić information content (AvgIpc) is 3.85. The molecule has 65 heavy (non-hydrogen) atoms. The number of nitrogens with zero attached hydrogens (tertiary/aromatic N) is 3. The number of aryl methyl sites for hydroxylation is 1. The minimum Gasteiger partial charge on any atom is -0.487 e. The van der Waals surface area contributed by atoms with Gasteiger partial charge in [-0.3, -0.25) is 9.78 Å². The zero-order chi connectivity index (χ0) is 45.4. The number of hydrogen-bond acceptors (Lipinski definition) is 11. The van der Waals surface area contributed by atoms with Crippen LogP contribution in [0.25, 0.3) is 0 Å². The number of benzene rings is 2. The van der Waals surface area contributed by atoms with Gasteiger partial charge in [0.05, 0.1) is 43.8 Å². The van der Waals surface area contributed by atoms with E-state index in [9.17, 15) is 20.1 Å². The van der Waals surface area contributed by atoms with Gasteiger partial charge in [0.2, 0.25) is 11.7 Å². The molecule has 3 aromatic rings. The van der Waals surface area contributed by atoms with Crippen LogP contribution in [0.15, 0.2) is 96.2 Å². The van der Waals surface area contributed by atoms with Crippen LogP contribution in [0, 0.1) is 30.6 Å². The van der Waals surface area contributed by atoms with Gasteiger partial charge < -0.3 is 44.0 Å². The average molecular weight is 894 g/mol. The Morgan fingerprint density at radius 1 is 0.938 bits per heavy atom. The van der Waals surface area contributed by atoms with Gasteiger partial charge in [0, 0.05) is 49.8 Å². The predicted octanol–water partition coefficient (Wildman–Crippen LogP) is 8.61. The smallest absolute Gasteiger partial charge is 0.239 e. The Labute approximate surface area is 385 Å². The Hall–Kier alpha value is -4.59. The van der Waals surface area contributed by atoms with Gasteiger partial charge in [0.15, 0.2) is 0 Å². The third kappa shape index (κ3) is 12.1. The zero-order valence-corrected chi connectivity index (χ0v) is 38.4. The summed E-state index contributed by atoms with van der Waals surface area (Å²) in [6.07, 6.45) is 15.0. The van der Waals surface area contributed by atoms with E-state index in [1.807, 2.05) is 72.5 Å². The maximum absolute atomic E-state index is 15.0. The van der Waals surface area contributed by atoms with E-state index in [0.717, 1.165) is 78.7 Å². The number of aliphatic hydroxyl groups excluding tert-OH is 3. The molecule has 4 aliphatic rings. The van der Waals surface area contributed by atoms with Crippen molar-refractivity contribution in [2.75, 3.05) is 46.2 Å². The maximum atomic E-state index is 15.0. The Balaban J connectivity index is 1.39. The van der Waals surface area contributed by atoms with Crippen LogP contribution in [0.1, 0.15) is 112 Å². The third-order valence-electron chi connectivity index (χ3n) is 13.9. The summed E-state index contributed by atoms with van der Waals surface area (Å²) in [5.74, 6) is 0.0222. The van der Waals surface area contributed by atoms with E-state index in [0.29, 0.717) is 49.7 Å². The van der Waals surface area contributed by atoms with Gasteiger partial charge in [0.25, 0.3) is 0 Å². The molecular weight excluding hydrogens is 823 g/mol. The second-order valence-electron chi connectivity index (χ2n) is 18.2. The number of aromatic nitrogens is 1. The summed E-state index contributed by atoms with van der Waals surface area (Å²) in [6.45, 7) is 7.53. The van der Waals surface area contributed by atoms with Crippen molar-refractivity contribution in [3.05, 3.63) is 114 Å². The highest BCUT2D eigenvalue weighted by atomic mass is 16.7. The lowest BCUT2D eigenvalue weighted by Gasteiger charge is -2.60. The maximum Gasteiger partial charge on any atom is 0.239 e. The highest BCUT2D eigenvalue weighted by Crippen LogP contribution is 2.62. The molecule has 2 heterocycles. The van der Waals surface area contributed by atoms with Gasteiger partial charge in [-0.1, -0.05) is 92.2 Å². The Morgan fingerprint density at radius 3 is 2.49 bits per heavy atom. The fourth-order valence-electron chi connectivity index (χ4n) is 10.9. The quantitative estimate of drug-likeness (QED) is 0.0406. The van der Waals surface area contributed by atoms with Gasteiger partial charge in [-0.15, -0.1) is 6.58 Å². The number of oxime groups is 1. The van der Waals surface area contributed by atoms with Crippen LogP contribution in [0.3, 0.4) is 0 Å². The number of fused-ring (bicyclic) bond motifs is 2. The van der Waals surface area contributed by atoms with E-state index in [1.165, 1.54) is 12.8 Å². The molecule has 3 N–H and O–H groups in total. The van der Waals surface area contributed by atoms with Crippen LogP contribution < -0.4 is 9.47 Å². The van der Waals surface area contributed by atoms with E-state index < -0.39 is 17.7 Å². The summed E-state index contributed by atoms with van der Waals surface area (Å²) in [6, 6.07) is 21.3. The van der Waals surface area contributed by atoms with E-state index in [2.05, 4.69) is 23.7 Å². The normalized spacial score (nSPS) is 24.2. The molecule has 0 bridgehead atoms. The second-order valence-corrected chi connectivity index (χ2v) is 18.2. The molecular formula is C53H71N3O9. The number of rotatable bonds is 26. The first kappa shape index (κ1) is 48.3. The third-order valence-corrected chi connectivity index (χ3v) is 13.9. The Bertz CT molecular complexity index is 2040. The van der Waals surface area contributed by atoms with Crippen LogP contribution in [-0.4, -0.2) is 94.8 Å². The fraction of sp³-hybridized carbons (Fsp3) is 0.566. The van der Waals surface area contributed by atoms with Gasteiger partial charge in [-0.2, -0.15) is 0 Å². The van der Waals surface area contributed by atoms with Crippen molar-refractivity contribution in [3.8, 4) is 11.5 Å². The number of hydrogen-bond donors (Lipinski definition) is 3. The number of carbonyl (C=O) groups excluding carboxylic acids is 1. The SMILES string of the molecule is C=CCOC12Oc3ccc(OCc4cccc(C)n4)cc3C3C(CCCCO)C(CCCCO)C=C(C(=NOCc4ccccc4)CC1N(CCOCCO)C(=O)CCC1CCCC1)C32. The minimum absolute atomic E-state index is 0.00435. The summed E-state index contributed by atoms with van der Waals surface area (Å²) < 4.78 is 27.0. The Kier molecular flexibility index (Phi) is 18.0. The summed E-state index contributed by atoms with van der Waals surface area (Å²) in [4.78, 5) is 27.9. The lowest BCUT2D eigenvalue weighted by molar-refractivity contribution is -0.258. The van der Waals surface area contributed by atoms with Gasteiger partial charge in [-0.05, 0) is 98.2 Å². The van der Waals surface area contributed by atoms with Gasteiger partial charge in [0.1, 0.15) is 30.8 Å². The number of amides is 1. The number of unbranched alkanes of at least 4 members (excludes halogenated alkanes) is 2. The summed E-state index contributed by atoms with van der Waals surface area (Å²) >= 11 is 0. The monoisotopic (exact) mass is 894 g/mol. The van der Waals surface area contributed by atoms with Crippen molar-refractivity contribution < 1.29 is 43.9 Å². The molecule has 1 aromatic heterocycles. The molecule has 7 rings (SSSR count). The van der Waals surface area contributed by atoms with Crippen molar-refractivity contribution >= 4 is 11.6 Å². The van der Waals surface area contributed by atoms with Crippen molar-refractivity contribution in [3.63, 3.8) is 0 Å².